The molecule has 6 nitrogen and oxygen atoms in total. The molecule has 2 aromatic heterocycles. The van der Waals surface area contributed by atoms with Gasteiger partial charge in [-0.3, -0.25) is 4.57 Å². The molecule has 0 aliphatic rings. The van der Waals surface area contributed by atoms with E-state index in [0.29, 0.717) is 11.0 Å². The van der Waals surface area contributed by atoms with Crippen molar-refractivity contribution in [2.75, 3.05) is 6.26 Å². The van der Waals surface area contributed by atoms with E-state index in [4.69, 9.17) is 11.6 Å². The molecular formula is C12H9ClN4O2S. The fourth-order valence-electron chi connectivity index (χ4n) is 1.93. The lowest BCUT2D eigenvalue weighted by molar-refractivity contribution is 0.590. The lowest BCUT2D eigenvalue weighted by Gasteiger charge is -2.07. The molecule has 0 aliphatic heterocycles. The minimum Gasteiger partial charge on any atom is -0.266 e. The van der Waals surface area contributed by atoms with Crippen molar-refractivity contribution < 1.29 is 8.42 Å². The Morgan fingerprint density at radius 3 is 2.70 bits per heavy atom. The third-order valence-corrected chi connectivity index (χ3v) is 3.93. The van der Waals surface area contributed by atoms with Crippen LogP contribution in [-0.2, 0) is 9.84 Å². The normalized spacial score (nSPS) is 11.9. The zero-order valence-corrected chi connectivity index (χ0v) is 11.9. The van der Waals surface area contributed by atoms with Gasteiger partial charge in [-0.25, -0.2) is 23.4 Å². The zero-order valence-electron chi connectivity index (χ0n) is 10.4. The van der Waals surface area contributed by atoms with Crippen LogP contribution >= 0.6 is 11.6 Å². The Hall–Kier alpha value is -1.99. The number of halogens is 1. The van der Waals surface area contributed by atoms with Crippen LogP contribution in [0.1, 0.15) is 0 Å². The van der Waals surface area contributed by atoms with E-state index < -0.39 is 9.84 Å². The summed E-state index contributed by atoms with van der Waals surface area (Å²) in [5, 5.41) is 0.153. The van der Waals surface area contributed by atoms with Crippen molar-refractivity contribution in [3.63, 3.8) is 0 Å². The van der Waals surface area contributed by atoms with E-state index in [1.54, 1.807) is 24.3 Å². The Bertz CT molecular complexity index is 905. The molecular weight excluding hydrogens is 300 g/mol. The quantitative estimate of drug-likeness (QED) is 0.722. The highest BCUT2D eigenvalue weighted by atomic mass is 35.5. The maximum absolute atomic E-state index is 11.9. The van der Waals surface area contributed by atoms with Crippen molar-refractivity contribution in [2.45, 2.75) is 5.16 Å². The van der Waals surface area contributed by atoms with Crippen molar-refractivity contribution in [3.8, 4) is 5.82 Å². The van der Waals surface area contributed by atoms with Gasteiger partial charge in [0.15, 0.2) is 5.82 Å². The summed E-state index contributed by atoms with van der Waals surface area (Å²) in [6.45, 7) is 0. The second-order valence-corrected chi connectivity index (χ2v) is 6.50. The van der Waals surface area contributed by atoms with Crippen molar-refractivity contribution >= 4 is 32.5 Å². The van der Waals surface area contributed by atoms with Gasteiger partial charge < -0.3 is 0 Å². The fraction of sp³-hybridized carbons (Fsp3) is 0.0833. The zero-order chi connectivity index (χ0) is 14.3. The second kappa shape index (κ2) is 4.53. The summed E-state index contributed by atoms with van der Waals surface area (Å²) in [4.78, 5) is 12.0. The number of hydrogen-bond acceptors (Lipinski definition) is 5. The molecule has 102 valence electrons. The Balaban J connectivity index is 2.48. The summed E-state index contributed by atoms with van der Waals surface area (Å²) >= 11 is 6.07. The van der Waals surface area contributed by atoms with Gasteiger partial charge in [0.1, 0.15) is 11.3 Å². The number of imidazole rings is 1. The average molecular weight is 309 g/mol. The van der Waals surface area contributed by atoms with Gasteiger partial charge in [-0.05, 0) is 12.1 Å². The first-order valence-electron chi connectivity index (χ1n) is 5.62. The summed E-state index contributed by atoms with van der Waals surface area (Å²) in [5.41, 5.74) is 1.18. The van der Waals surface area contributed by atoms with Gasteiger partial charge in [0.05, 0.1) is 17.2 Å². The van der Waals surface area contributed by atoms with Crippen molar-refractivity contribution in [2.24, 2.45) is 0 Å². The summed E-state index contributed by atoms with van der Waals surface area (Å²) in [7, 11) is -3.53. The van der Waals surface area contributed by atoms with Gasteiger partial charge in [-0.1, -0.05) is 23.7 Å². The molecule has 20 heavy (non-hydrogen) atoms. The van der Waals surface area contributed by atoms with Crippen LogP contribution < -0.4 is 0 Å². The molecule has 0 radical (unpaired) electrons. The van der Waals surface area contributed by atoms with Crippen LogP contribution in [0.4, 0.5) is 0 Å². The van der Waals surface area contributed by atoms with Gasteiger partial charge in [0.25, 0.3) is 0 Å². The summed E-state index contributed by atoms with van der Waals surface area (Å²) in [6.07, 6.45) is 3.81. The number of nitrogens with zero attached hydrogens (tertiary/aromatic N) is 4. The molecule has 0 spiro atoms. The largest absolute Gasteiger partial charge is 0.266 e. The summed E-state index contributed by atoms with van der Waals surface area (Å²) in [5.74, 6) is 0.288. The van der Waals surface area contributed by atoms with Crippen molar-refractivity contribution in [3.05, 3.63) is 41.8 Å². The van der Waals surface area contributed by atoms with E-state index in [0.717, 1.165) is 6.26 Å². The van der Waals surface area contributed by atoms with E-state index in [-0.39, 0.29) is 16.0 Å². The highest BCUT2D eigenvalue weighted by molar-refractivity contribution is 7.90. The predicted octanol–water partition coefficient (Wildman–Crippen LogP) is 1.87. The average Bonchev–Trinajstić information content (AvgIpc) is 2.79. The Morgan fingerprint density at radius 2 is 2.00 bits per heavy atom. The number of hydrogen-bond donors (Lipinski definition) is 0. The van der Waals surface area contributed by atoms with Crippen LogP contribution in [0.25, 0.3) is 16.9 Å². The predicted molar refractivity (Wildman–Crippen MR) is 74.8 cm³/mol. The molecule has 0 saturated heterocycles. The van der Waals surface area contributed by atoms with E-state index in [9.17, 15) is 8.42 Å². The highest BCUT2D eigenvalue weighted by Crippen LogP contribution is 2.26. The summed E-state index contributed by atoms with van der Waals surface area (Å²) < 4.78 is 25.3. The number of sulfone groups is 1. The van der Waals surface area contributed by atoms with E-state index in [1.807, 2.05) is 0 Å². The monoisotopic (exact) mass is 308 g/mol. The first kappa shape index (κ1) is 13.0. The molecule has 8 heteroatoms. The Morgan fingerprint density at radius 1 is 1.25 bits per heavy atom. The molecule has 0 bridgehead atoms. The molecule has 0 fully saturated rings. The molecule has 3 aromatic rings. The van der Waals surface area contributed by atoms with Gasteiger partial charge in [0.2, 0.25) is 15.0 Å². The SMILES string of the molecule is CS(=O)(=O)c1nc2ccccc2n1-c1ncncc1Cl. The standard InChI is InChI=1S/C12H9ClN4O2S/c1-20(18,19)12-16-9-4-2-3-5-10(9)17(12)11-8(13)6-14-7-15-11/h2-7H,1H3. The van der Waals surface area contributed by atoms with Crippen LogP contribution in [0, 0.1) is 0 Å². The maximum Gasteiger partial charge on any atom is 0.234 e. The Kier molecular flexibility index (Phi) is 2.95. The van der Waals surface area contributed by atoms with Crippen LogP contribution in [0.2, 0.25) is 5.02 Å². The molecule has 0 unspecified atom stereocenters. The minimum absolute atomic E-state index is 0.0979. The topological polar surface area (TPSA) is 77.7 Å². The van der Waals surface area contributed by atoms with Crippen molar-refractivity contribution in [1.29, 1.82) is 0 Å². The van der Waals surface area contributed by atoms with Gasteiger partial charge in [0, 0.05) is 6.26 Å². The number of para-hydroxylation sites is 2. The smallest absolute Gasteiger partial charge is 0.234 e. The van der Waals surface area contributed by atoms with E-state index in [2.05, 4.69) is 15.0 Å². The fourth-order valence-corrected chi connectivity index (χ4v) is 2.90. The molecule has 0 amide bonds. The molecule has 0 atom stereocenters. The lowest BCUT2D eigenvalue weighted by atomic mass is 10.3. The molecule has 2 heterocycles. The third kappa shape index (κ3) is 2.04. The van der Waals surface area contributed by atoms with Gasteiger partial charge in [-0.15, -0.1) is 0 Å². The molecule has 0 aliphatic carbocycles. The van der Waals surface area contributed by atoms with Crippen LogP contribution in [0.3, 0.4) is 0 Å². The van der Waals surface area contributed by atoms with Crippen LogP contribution in [0.15, 0.2) is 41.9 Å². The van der Waals surface area contributed by atoms with E-state index >= 15 is 0 Å². The van der Waals surface area contributed by atoms with Gasteiger partial charge in [-0.2, -0.15) is 0 Å². The lowest BCUT2D eigenvalue weighted by Crippen LogP contribution is -2.09. The molecule has 3 rings (SSSR count). The highest BCUT2D eigenvalue weighted by Gasteiger charge is 2.22. The number of benzene rings is 1. The molecule has 0 saturated carbocycles. The number of aromatic nitrogens is 4. The van der Waals surface area contributed by atoms with Crippen LogP contribution in [0.5, 0.6) is 0 Å². The van der Waals surface area contributed by atoms with E-state index in [1.165, 1.54) is 17.1 Å². The Labute approximate surface area is 120 Å². The third-order valence-electron chi connectivity index (χ3n) is 2.72. The van der Waals surface area contributed by atoms with Gasteiger partial charge >= 0.3 is 0 Å². The number of fused-ring (bicyclic) bond motifs is 1. The maximum atomic E-state index is 11.9. The first-order valence-corrected chi connectivity index (χ1v) is 7.89. The van der Waals surface area contributed by atoms with Crippen LogP contribution in [-0.4, -0.2) is 34.2 Å². The second-order valence-electron chi connectivity index (χ2n) is 4.18. The van der Waals surface area contributed by atoms with Crippen molar-refractivity contribution in [1.82, 2.24) is 19.5 Å². The molecule has 1 aromatic carbocycles. The number of rotatable bonds is 2. The first-order chi connectivity index (χ1) is 9.48. The summed E-state index contributed by atoms with van der Waals surface area (Å²) in [6, 6.07) is 7.07. The minimum atomic E-state index is -3.53. The molecule has 0 N–H and O–H groups in total.